The standard InChI is InChI=1S/C24H27NO4/c1-3-19-8-6-7-15-25(19)22(26)16-29-24(28)21-10-5-4-9-20(21)23(27)18-13-11-17(2)12-14-18/h4-5,9-14,19H,3,6-8,15-16H2,1-2H3/t19-/m0/s1. The van der Waals surface area contributed by atoms with Gasteiger partial charge in [0.25, 0.3) is 5.91 Å². The largest absolute Gasteiger partial charge is 0.452 e. The maximum atomic E-state index is 12.9. The molecule has 0 spiro atoms. The number of piperidine rings is 1. The molecule has 1 amide bonds. The SMILES string of the molecule is CC[C@H]1CCCCN1C(=O)COC(=O)c1ccccc1C(=O)c1ccc(C)cc1. The molecular weight excluding hydrogens is 366 g/mol. The van der Waals surface area contributed by atoms with Crippen molar-refractivity contribution in [2.24, 2.45) is 0 Å². The van der Waals surface area contributed by atoms with Gasteiger partial charge in [-0.15, -0.1) is 0 Å². The molecular formula is C24H27NO4. The normalized spacial score (nSPS) is 16.3. The van der Waals surface area contributed by atoms with Gasteiger partial charge in [0.05, 0.1) is 5.56 Å². The lowest BCUT2D eigenvalue weighted by molar-refractivity contribution is -0.138. The van der Waals surface area contributed by atoms with E-state index in [9.17, 15) is 14.4 Å². The molecule has 5 nitrogen and oxygen atoms in total. The molecule has 1 atom stereocenters. The first-order valence-electron chi connectivity index (χ1n) is 10.2. The Balaban J connectivity index is 1.70. The molecule has 0 unspecified atom stereocenters. The van der Waals surface area contributed by atoms with Gasteiger partial charge in [-0.1, -0.05) is 55.0 Å². The van der Waals surface area contributed by atoms with E-state index in [1.165, 1.54) is 0 Å². The van der Waals surface area contributed by atoms with Crippen LogP contribution in [0, 0.1) is 6.92 Å². The van der Waals surface area contributed by atoms with E-state index in [4.69, 9.17) is 4.74 Å². The number of esters is 1. The van der Waals surface area contributed by atoms with Crippen molar-refractivity contribution < 1.29 is 19.1 Å². The van der Waals surface area contributed by atoms with Crippen LogP contribution in [0.1, 0.15) is 64.4 Å². The summed E-state index contributed by atoms with van der Waals surface area (Å²) in [4.78, 5) is 39.9. The van der Waals surface area contributed by atoms with Crippen LogP contribution in [0.25, 0.3) is 0 Å². The van der Waals surface area contributed by atoms with E-state index < -0.39 is 5.97 Å². The lowest BCUT2D eigenvalue weighted by Crippen LogP contribution is -2.45. The van der Waals surface area contributed by atoms with Crippen LogP contribution >= 0.6 is 0 Å². The van der Waals surface area contributed by atoms with Crippen molar-refractivity contribution in [2.45, 2.75) is 45.6 Å². The van der Waals surface area contributed by atoms with Gasteiger partial charge >= 0.3 is 5.97 Å². The number of ketones is 1. The van der Waals surface area contributed by atoms with Gasteiger partial charge in [-0.2, -0.15) is 0 Å². The zero-order valence-corrected chi connectivity index (χ0v) is 17.0. The Hall–Kier alpha value is -2.95. The number of hydrogen-bond donors (Lipinski definition) is 0. The number of benzene rings is 2. The summed E-state index contributed by atoms with van der Waals surface area (Å²) >= 11 is 0. The molecule has 1 aliphatic heterocycles. The molecule has 152 valence electrons. The zero-order valence-electron chi connectivity index (χ0n) is 17.0. The Bertz CT molecular complexity index is 888. The number of hydrogen-bond acceptors (Lipinski definition) is 4. The molecule has 2 aromatic carbocycles. The van der Waals surface area contributed by atoms with Gasteiger partial charge < -0.3 is 9.64 Å². The van der Waals surface area contributed by atoms with Crippen molar-refractivity contribution in [1.29, 1.82) is 0 Å². The van der Waals surface area contributed by atoms with Crippen LogP contribution in [0.3, 0.4) is 0 Å². The van der Waals surface area contributed by atoms with Crippen molar-refractivity contribution >= 4 is 17.7 Å². The number of carbonyl (C=O) groups excluding carboxylic acids is 3. The quantitative estimate of drug-likeness (QED) is 0.546. The Morgan fingerprint density at radius 2 is 1.69 bits per heavy atom. The fourth-order valence-electron chi connectivity index (χ4n) is 3.76. The Kier molecular flexibility index (Phi) is 6.81. The summed E-state index contributed by atoms with van der Waals surface area (Å²) in [5, 5.41) is 0. The van der Waals surface area contributed by atoms with Crippen LogP contribution in [0.5, 0.6) is 0 Å². The molecule has 2 aromatic rings. The van der Waals surface area contributed by atoms with Crippen molar-refractivity contribution in [1.82, 2.24) is 4.90 Å². The number of likely N-dealkylation sites (tertiary alicyclic amines) is 1. The van der Waals surface area contributed by atoms with Crippen molar-refractivity contribution in [2.75, 3.05) is 13.2 Å². The molecule has 0 bridgehead atoms. The highest BCUT2D eigenvalue weighted by atomic mass is 16.5. The molecule has 0 saturated carbocycles. The van der Waals surface area contributed by atoms with Crippen molar-refractivity contribution in [3.63, 3.8) is 0 Å². The minimum Gasteiger partial charge on any atom is -0.452 e. The number of nitrogens with zero attached hydrogens (tertiary/aromatic N) is 1. The van der Waals surface area contributed by atoms with Gasteiger partial charge in [0, 0.05) is 23.7 Å². The summed E-state index contributed by atoms with van der Waals surface area (Å²) < 4.78 is 5.30. The minimum absolute atomic E-state index is 0.174. The van der Waals surface area contributed by atoms with Gasteiger partial charge in [0.1, 0.15) is 0 Å². The summed E-state index contributed by atoms with van der Waals surface area (Å²) in [6.07, 6.45) is 3.98. The van der Waals surface area contributed by atoms with E-state index in [1.807, 2.05) is 24.0 Å². The maximum absolute atomic E-state index is 12.9. The summed E-state index contributed by atoms with van der Waals surface area (Å²) in [7, 11) is 0. The minimum atomic E-state index is -0.653. The Morgan fingerprint density at radius 1 is 1.00 bits per heavy atom. The van der Waals surface area contributed by atoms with Gasteiger partial charge in [0.2, 0.25) is 0 Å². The first kappa shape index (κ1) is 20.8. The summed E-state index contributed by atoms with van der Waals surface area (Å²) in [6, 6.07) is 14.0. The van der Waals surface area contributed by atoms with E-state index in [-0.39, 0.29) is 35.5 Å². The van der Waals surface area contributed by atoms with E-state index in [0.29, 0.717) is 12.1 Å². The topological polar surface area (TPSA) is 63.7 Å². The van der Waals surface area contributed by atoms with Crippen molar-refractivity contribution in [3.05, 3.63) is 70.8 Å². The second kappa shape index (κ2) is 9.50. The molecule has 1 heterocycles. The molecule has 29 heavy (non-hydrogen) atoms. The third kappa shape index (κ3) is 4.91. The van der Waals surface area contributed by atoms with Crippen LogP contribution in [-0.2, 0) is 9.53 Å². The fourth-order valence-corrected chi connectivity index (χ4v) is 3.76. The smallest absolute Gasteiger partial charge is 0.339 e. The highest BCUT2D eigenvalue weighted by Gasteiger charge is 2.26. The van der Waals surface area contributed by atoms with E-state index in [0.717, 1.165) is 31.2 Å². The zero-order chi connectivity index (χ0) is 20.8. The lowest BCUT2D eigenvalue weighted by Gasteiger charge is -2.35. The van der Waals surface area contributed by atoms with Gasteiger partial charge in [-0.25, -0.2) is 4.79 Å². The highest BCUT2D eigenvalue weighted by Crippen LogP contribution is 2.20. The first-order valence-corrected chi connectivity index (χ1v) is 10.2. The monoisotopic (exact) mass is 393 g/mol. The molecule has 0 aromatic heterocycles. The second-order valence-corrected chi connectivity index (χ2v) is 7.46. The number of aryl methyl sites for hydroxylation is 1. The van der Waals surface area contributed by atoms with Gasteiger partial charge in [-0.05, 0) is 38.7 Å². The van der Waals surface area contributed by atoms with Crippen LogP contribution in [0.2, 0.25) is 0 Å². The lowest BCUT2D eigenvalue weighted by atomic mass is 9.98. The molecule has 5 heteroatoms. The van der Waals surface area contributed by atoms with E-state index >= 15 is 0 Å². The third-order valence-electron chi connectivity index (χ3n) is 5.45. The molecule has 0 N–H and O–H groups in total. The van der Waals surface area contributed by atoms with Crippen LogP contribution < -0.4 is 0 Å². The molecule has 0 aliphatic carbocycles. The highest BCUT2D eigenvalue weighted by molar-refractivity contribution is 6.14. The molecule has 3 rings (SSSR count). The molecule has 1 aliphatic rings. The van der Waals surface area contributed by atoms with E-state index in [2.05, 4.69) is 6.92 Å². The average molecular weight is 393 g/mol. The number of carbonyl (C=O) groups is 3. The van der Waals surface area contributed by atoms with Crippen LogP contribution in [-0.4, -0.2) is 41.8 Å². The predicted octanol–water partition coefficient (Wildman–Crippen LogP) is 4.17. The fraction of sp³-hybridized carbons (Fsp3) is 0.375. The van der Waals surface area contributed by atoms with Crippen LogP contribution in [0.15, 0.2) is 48.5 Å². The first-order chi connectivity index (χ1) is 14.0. The van der Waals surface area contributed by atoms with Gasteiger partial charge in [0.15, 0.2) is 12.4 Å². The number of ether oxygens (including phenoxy) is 1. The predicted molar refractivity (Wildman–Crippen MR) is 111 cm³/mol. The van der Waals surface area contributed by atoms with E-state index in [1.54, 1.807) is 36.4 Å². The molecule has 1 fully saturated rings. The summed E-state index contributed by atoms with van der Waals surface area (Å²) in [5.74, 6) is -1.07. The molecule has 1 saturated heterocycles. The Labute approximate surface area is 171 Å². The number of amides is 1. The molecule has 0 radical (unpaired) electrons. The van der Waals surface area contributed by atoms with Crippen LogP contribution in [0.4, 0.5) is 0 Å². The van der Waals surface area contributed by atoms with Crippen molar-refractivity contribution in [3.8, 4) is 0 Å². The van der Waals surface area contributed by atoms with Gasteiger partial charge in [-0.3, -0.25) is 9.59 Å². The average Bonchev–Trinajstić information content (AvgIpc) is 2.77. The maximum Gasteiger partial charge on any atom is 0.339 e. The number of rotatable bonds is 6. The second-order valence-electron chi connectivity index (χ2n) is 7.46. The third-order valence-corrected chi connectivity index (χ3v) is 5.45. The summed E-state index contributed by atoms with van der Waals surface area (Å²) in [5.41, 5.74) is 2.01. The summed E-state index contributed by atoms with van der Waals surface area (Å²) in [6.45, 7) is 4.41. The Morgan fingerprint density at radius 3 is 2.38 bits per heavy atom.